The van der Waals surface area contributed by atoms with Crippen LogP contribution in [0.4, 0.5) is 5.69 Å². The SMILES string of the molecule is CC(C)c1ccc(Oc2ncnc(Oc3cccc4cccnc34)c2[N+](=O)[O-])cc1. The summed E-state index contributed by atoms with van der Waals surface area (Å²) in [4.78, 5) is 23.4. The lowest BCUT2D eigenvalue weighted by Crippen LogP contribution is -2.01. The highest BCUT2D eigenvalue weighted by molar-refractivity contribution is 5.84. The fraction of sp³-hybridized carbons (Fsp3) is 0.136. The summed E-state index contributed by atoms with van der Waals surface area (Å²) in [5, 5.41) is 12.6. The van der Waals surface area contributed by atoms with Crippen LogP contribution in [-0.4, -0.2) is 19.9 Å². The molecule has 0 saturated carbocycles. The lowest BCUT2D eigenvalue weighted by molar-refractivity contribution is -0.387. The molecule has 8 nitrogen and oxygen atoms in total. The van der Waals surface area contributed by atoms with E-state index in [1.54, 1.807) is 36.5 Å². The molecule has 0 aliphatic rings. The molecule has 4 aromatic rings. The zero-order valence-corrected chi connectivity index (χ0v) is 16.4. The summed E-state index contributed by atoms with van der Waals surface area (Å²) < 4.78 is 11.5. The number of para-hydroxylation sites is 1. The standard InChI is InChI=1S/C22H18N4O4/c1-14(2)15-8-10-17(11-9-15)29-21-20(26(27)28)22(25-13-24-21)30-18-7-3-5-16-6-4-12-23-19(16)18/h3-14H,1-2H3. The van der Waals surface area contributed by atoms with Crippen LogP contribution in [0.25, 0.3) is 10.9 Å². The van der Waals surface area contributed by atoms with E-state index in [4.69, 9.17) is 9.47 Å². The van der Waals surface area contributed by atoms with Gasteiger partial charge in [-0.2, -0.15) is 9.97 Å². The topological polar surface area (TPSA) is 100 Å². The van der Waals surface area contributed by atoms with Gasteiger partial charge in [0.05, 0.1) is 4.92 Å². The summed E-state index contributed by atoms with van der Waals surface area (Å²) in [7, 11) is 0. The van der Waals surface area contributed by atoms with Gasteiger partial charge < -0.3 is 9.47 Å². The number of hydrogen-bond acceptors (Lipinski definition) is 7. The number of ether oxygens (including phenoxy) is 2. The molecule has 0 spiro atoms. The average Bonchev–Trinajstić information content (AvgIpc) is 2.74. The van der Waals surface area contributed by atoms with Crippen LogP contribution in [0, 0.1) is 10.1 Å². The highest BCUT2D eigenvalue weighted by Crippen LogP contribution is 2.39. The van der Waals surface area contributed by atoms with Crippen LogP contribution in [0.2, 0.25) is 0 Å². The number of hydrogen-bond donors (Lipinski definition) is 0. The Morgan fingerprint density at radius 3 is 2.30 bits per heavy atom. The first-order valence-electron chi connectivity index (χ1n) is 9.31. The van der Waals surface area contributed by atoms with E-state index in [0.29, 0.717) is 22.9 Å². The summed E-state index contributed by atoms with van der Waals surface area (Å²) in [5.74, 6) is 0.723. The number of pyridine rings is 1. The fourth-order valence-electron chi connectivity index (χ4n) is 2.95. The van der Waals surface area contributed by atoms with Crippen molar-refractivity contribution < 1.29 is 14.4 Å². The monoisotopic (exact) mass is 402 g/mol. The van der Waals surface area contributed by atoms with E-state index < -0.39 is 10.6 Å². The third-order valence-corrected chi connectivity index (χ3v) is 4.50. The van der Waals surface area contributed by atoms with Crippen molar-refractivity contribution >= 4 is 16.6 Å². The van der Waals surface area contributed by atoms with Crippen LogP contribution in [0.1, 0.15) is 25.3 Å². The first kappa shape index (κ1) is 19.3. The number of nitro groups is 1. The van der Waals surface area contributed by atoms with E-state index in [-0.39, 0.29) is 11.8 Å². The number of nitrogens with zero attached hydrogens (tertiary/aromatic N) is 4. The molecule has 8 heteroatoms. The second-order valence-corrected chi connectivity index (χ2v) is 6.85. The van der Waals surface area contributed by atoms with Gasteiger partial charge in [-0.1, -0.05) is 44.2 Å². The number of aromatic nitrogens is 3. The molecule has 0 aliphatic heterocycles. The Hall–Kier alpha value is -4.07. The second-order valence-electron chi connectivity index (χ2n) is 6.85. The molecule has 30 heavy (non-hydrogen) atoms. The van der Waals surface area contributed by atoms with Gasteiger partial charge >= 0.3 is 17.4 Å². The van der Waals surface area contributed by atoms with Crippen LogP contribution in [-0.2, 0) is 0 Å². The zero-order valence-electron chi connectivity index (χ0n) is 16.4. The molecule has 0 saturated heterocycles. The van der Waals surface area contributed by atoms with Gasteiger partial charge in [-0.15, -0.1) is 0 Å². The van der Waals surface area contributed by atoms with Crippen LogP contribution in [0.15, 0.2) is 67.1 Å². The largest absolute Gasteiger partial charge is 0.433 e. The second kappa shape index (κ2) is 8.12. The normalized spacial score (nSPS) is 10.9. The van der Waals surface area contributed by atoms with Crippen LogP contribution in [0.3, 0.4) is 0 Å². The Bertz CT molecular complexity index is 1200. The minimum atomic E-state index is -0.619. The third kappa shape index (κ3) is 3.88. The minimum absolute atomic E-state index is 0.199. The van der Waals surface area contributed by atoms with E-state index in [0.717, 1.165) is 10.9 Å². The molecule has 0 aliphatic carbocycles. The Kier molecular flexibility index (Phi) is 5.21. The Balaban J connectivity index is 1.70. The van der Waals surface area contributed by atoms with Gasteiger partial charge in [-0.05, 0) is 35.7 Å². The van der Waals surface area contributed by atoms with Crippen molar-refractivity contribution in [3.63, 3.8) is 0 Å². The molecule has 2 heterocycles. The Labute approximate surface area is 172 Å². The first-order valence-corrected chi connectivity index (χ1v) is 9.31. The molecule has 0 atom stereocenters. The highest BCUT2D eigenvalue weighted by Gasteiger charge is 2.27. The number of benzene rings is 2. The fourth-order valence-corrected chi connectivity index (χ4v) is 2.95. The van der Waals surface area contributed by atoms with E-state index in [2.05, 4.69) is 28.8 Å². The van der Waals surface area contributed by atoms with Gasteiger partial charge in [0.15, 0.2) is 5.75 Å². The Morgan fingerprint density at radius 2 is 1.60 bits per heavy atom. The summed E-state index contributed by atoms with van der Waals surface area (Å²) in [6.07, 6.45) is 2.79. The van der Waals surface area contributed by atoms with E-state index >= 15 is 0 Å². The summed E-state index contributed by atoms with van der Waals surface area (Å²) in [6, 6.07) is 16.3. The molecule has 0 fully saturated rings. The van der Waals surface area contributed by atoms with Crippen molar-refractivity contribution in [3.05, 3.63) is 82.8 Å². The summed E-state index contributed by atoms with van der Waals surface area (Å²) in [5.41, 5.74) is 1.24. The van der Waals surface area contributed by atoms with E-state index in [1.165, 1.54) is 6.33 Å². The minimum Gasteiger partial charge on any atom is -0.433 e. The molecule has 2 aromatic carbocycles. The van der Waals surface area contributed by atoms with Gasteiger partial charge in [-0.25, -0.2) is 0 Å². The van der Waals surface area contributed by atoms with Gasteiger partial charge in [0.1, 0.15) is 17.6 Å². The first-order chi connectivity index (χ1) is 14.5. The van der Waals surface area contributed by atoms with Gasteiger partial charge in [0, 0.05) is 11.6 Å². The molecule has 4 rings (SSSR count). The molecule has 150 valence electrons. The van der Waals surface area contributed by atoms with E-state index in [1.807, 2.05) is 24.3 Å². The molecule has 0 unspecified atom stereocenters. The molecular weight excluding hydrogens is 384 g/mol. The number of rotatable bonds is 6. The lowest BCUT2D eigenvalue weighted by atomic mass is 10.0. The number of fused-ring (bicyclic) bond motifs is 1. The van der Waals surface area contributed by atoms with Gasteiger partial charge in [-0.3, -0.25) is 15.1 Å². The predicted molar refractivity (Wildman–Crippen MR) is 111 cm³/mol. The van der Waals surface area contributed by atoms with Crippen molar-refractivity contribution in [2.45, 2.75) is 19.8 Å². The summed E-state index contributed by atoms with van der Waals surface area (Å²) in [6.45, 7) is 4.16. The molecule has 2 aromatic heterocycles. The smallest absolute Gasteiger partial charge is 0.393 e. The zero-order chi connectivity index (χ0) is 21.1. The maximum absolute atomic E-state index is 11.8. The Morgan fingerprint density at radius 1 is 0.900 bits per heavy atom. The highest BCUT2D eigenvalue weighted by atomic mass is 16.6. The summed E-state index contributed by atoms with van der Waals surface area (Å²) >= 11 is 0. The average molecular weight is 402 g/mol. The molecule has 0 amide bonds. The maximum Gasteiger partial charge on any atom is 0.393 e. The van der Waals surface area contributed by atoms with Crippen LogP contribution in [0.5, 0.6) is 23.3 Å². The molecule has 0 radical (unpaired) electrons. The van der Waals surface area contributed by atoms with Crippen LogP contribution < -0.4 is 9.47 Å². The quantitative estimate of drug-likeness (QED) is 0.304. The molecular formula is C22H18N4O4. The van der Waals surface area contributed by atoms with Crippen molar-refractivity contribution in [3.8, 4) is 23.3 Å². The van der Waals surface area contributed by atoms with E-state index in [9.17, 15) is 10.1 Å². The van der Waals surface area contributed by atoms with Crippen molar-refractivity contribution in [1.82, 2.24) is 15.0 Å². The third-order valence-electron chi connectivity index (χ3n) is 4.50. The van der Waals surface area contributed by atoms with Crippen LogP contribution >= 0.6 is 0 Å². The van der Waals surface area contributed by atoms with Crippen molar-refractivity contribution in [2.24, 2.45) is 0 Å². The lowest BCUT2D eigenvalue weighted by Gasteiger charge is -2.10. The maximum atomic E-state index is 11.8. The molecule has 0 bridgehead atoms. The van der Waals surface area contributed by atoms with Gasteiger partial charge in [0.25, 0.3) is 0 Å². The predicted octanol–water partition coefficient (Wildman–Crippen LogP) is 5.64. The molecule has 0 N–H and O–H groups in total. The van der Waals surface area contributed by atoms with Crippen molar-refractivity contribution in [1.29, 1.82) is 0 Å². The van der Waals surface area contributed by atoms with Crippen molar-refractivity contribution in [2.75, 3.05) is 0 Å². The van der Waals surface area contributed by atoms with Gasteiger partial charge in [0.2, 0.25) is 0 Å².